The Hall–Kier alpha value is -2.34. The summed E-state index contributed by atoms with van der Waals surface area (Å²) in [6.07, 6.45) is 2.36. The van der Waals surface area contributed by atoms with E-state index in [0.717, 1.165) is 47.4 Å². The first kappa shape index (κ1) is 17.7. The van der Waals surface area contributed by atoms with Crippen LogP contribution in [-0.2, 0) is 13.1 Å². The number of hydrogen-bond acceptors (Lipinski definition) is 3. The van der Waals surface area contributed by atoms with E-state index in [9.17, 15) is 4.79 Å². The number of amides is 1. The number of rotatable bonds is 4. The molecule has 3 heterocycles. The van der Waals surface area contributed by atoms with Gasteiger partial charge in [0.05, 0.1) is 5.56 Å². The Kier molecular flexibility index (Phi) is 4.59. The average molecular weight is 395 g/mol. The van der Waals surface area contributed by atoms with Crippen LogP contribution < -0.4 is 16.0 Å². The van der Waals surface area contributed by atoms with Gasteiger partial charge in [0.25, 0.3) is 5.91 Å². The highest BCUT2D eigenvalue weighted by Crippen LogP contribution is 2.34. The van der Waals surface area contributed by atoms with Crippen molar-refractivity contribution >= 4 is 28.4 Å². The molecule has 2 aromatic carbocycles. The molecule has 144 valence electrons. The quantitative estimate of drug-likeness (QED) is 0.546. The van der Waals surface area contributed by atoms with Crippen LogP contribution in [0.2, 0.25) is 5.02 Å². The van der Waals surface area contributed by atoms with Crippen LogP contribution in [0.5, 0.6) is 0 Å². The molecule has 0 spiro atoms. The van der Waals surface area contributed by atoms with Gasteiger partial charge in [0.15, 0.2) is 0 Å². The molecule has 0 bridgehead atoms. The molecule has 1 saturated heterocycles. The Balaban J connectivity index is 1.43. The van der Waals surface area contributed by atoms with Gasteiger partial charge >= 0.3 is 0 Å². The van der Waals surface area contributed by atoms with Gasteiger partial charge in [-0.2, -0.15) is 0 Å². The van der Waals surface area contributed by atoms with Crippen molar-refractivity contribution in [2.75, 3.05) is 13.1 Å². The van der Waals surface area contributed by atoms with Gasteiger partial charge in [-0.1, -0.05) is 23.7 Å². The summed E-state index contributed by atoms with van der Waals surface area (Å²) in [4.78, 5) is 15.8. The van der Waals surface area contributed by atoms with Crippen molar-refractivity contribution in [3.63, 3.8) is 0 Å². The highest BCUT2D eigenvalue weighted by molar-refractivity contribution is 6.32. The summed E-state index contributed by atoms with van der Waals surface area (Å²) in [5.41, 5.74) is 5.77. The number of carbonyl (C=O) groups is 1. The molecule has 0 atom stereocenters. The standard InChI is InChI=1S/C22H23ClN4O/c23-18-3-2-16(21-17(18)12-26-22(21)28)20-10-14-9-13(1-4-19(14)27-20)11-25-15-5-7-24-8-6-15/h1-4,9-10,15,24-25,27H,5-8,11-12H2,(H,26,28). The van der Waals surface area contributed by atoms with Crippen molar-refractivity contribution in [1.29, 1.82) is 0 Å². The zero-order chi connectivity index (χ0) is 19.1. The Morgan fingerprint density at radius 3 is 2.82 bits per heavy atom. The van der Waals surface area contributed by atoms with Crippen LogP contribution in [0.25, 0.3) is 22.2 Å². The van der Waals surface area contributed by atoms with Crippen molar-refractivity contribution in [2.24, 2.45) is 0 Å². The zero-order valence-electron chi connectivity index (χ0n) is 15.6. The fourth-order valence-electron chi connectivity index (χ4n) is 4.26. The molecule has 0 unspecified atom stereocenters. The van der Waals surface area contributed by atoms with E-state index in [2.05, 4.69) is 45.2 Å². The van der Waals surface area contributed by atoms with Gasteiger partial charge in [-0.25, -0.2) is 0 Å². The summed E-state index contributed by atoms with van der Waals surface area (Å²) in [7, 11) is 0. The van der Waals surface area contributed by atoms with Crippen LogP contribution in [0.1, 0.15) is 34.3 Å². The van der Waals surface area contributed by atoms with Gasteiger partial charge in [-0.05, 0) is 55.8 Å². The number of piperidine rings is 1. The number of benzene rings is 2. The summed E-state index contributed by atoms with van der Waals surface area (Å²) in [6, 6.07) is 13.0. The zero-order valence-corrected chi connectivity index (χ0v) is 16.3. The molecule has 2 aliphatic heterocycles. The lowest BCUT2D eigenvalue weighted by Crippen LogP contribution is -2.39. The van der Waals surface area contributed by atoms with Crippen molar-refractivity contribution in [3.8, 4) is 11.3 Å². The molecular weight excluding hydrogens is 372 g/mol. The summed E-state index contributed by atoms with van der Waals surface area (Å²) < 4.78 is 0. The fraction of sp³-hybridized carbons (Fsp3) is 0.318. The van der Waals surface area contributed by atoms with Gasteiger partial charge in [-0.15, -0.1) is 0 Å². The maximum atomic E-state index is 12.3. The van der Waals surface area contributed by atoms with Gasteiger partial charge in [0.2, 0.25) is 0 Å². The Morgan fingerprint density at radius 2 is 1.96 bits per heavy atom. The molecule has 1 fully saturated rings. The third kappa shape index (κ3) is 3.20. The molecule has 0 saturated carbocycles. The van der Waals surface area contributed by atoms with E-state index < -0.39 is 0 Å². The first-order valence-electron chi connectivity index (χ1n) is 9.85. The molecule has 5 rings (SSSR count). The van der Waals surface area contributed by atoms with Gasteiger partial charge < -0.3 is 20.9 Å². The maximum Gasteiger partial charge on any atom is 0.252 e. The van der Waals surface area contributed by atoms with E-state index in [4.69, 9.17) is 11.6 Å². The Morgan fingerprint density at radius 1 is 1.11 bits per heavy atom. The molecule has 0 radical (unpaired) electrons. The Labute approximate surface area is 168 Å². The molecule has 3 aromatic rings. The summed E-state index contributed by atoms with van der Waals surface area (Å²) in [5, 5.41) is 11.7. The van der Waals surface area contributed by atoms with Crippen LogP contribution in [0, 0.1) is 0 Å². The molecule has 5 nitrogen and oxygen atoms in total. The Bertz CT molecular complexity index is 1050. The number of carbonyl (C=O) groups excluding carboxylic acids is 1. The predicted octanol–water partition coefficient (Wildman–Crippen LogP) is 3.57. The lowest BCUT2D eigenvalue weighted by atomic mass is 10.0. The summed E-state index contributed by atoms with van der Waals surface area (Å²) in [6.45, 7) is 3.56. The third-order valence-corrected chi connectivity index (χ3v) is 6.17. The van der Waals surface area contributed by atoms with Crippen LogP contribution in [-0.4, -0.2) is 30.0 Å². The van der Waals surface area contributed by atoms with Crippen molar-refractivity contribution in [3.05, 3.63) is 58.1 Å². The number of H-pyrrole nitrogens is 1. The number of nitrogens with one attached hydrogen (secondary N) is 4. The molecule has 1 amide bonds. The molecular formula is C22H23ClN4O. The second-order valence-electron chi connectivity index (χ2n) is 7.64. The fourth-order valence-corrected chi connectivity index (χ4v) is 4.49. The van der Waals surface area contributed by atoms with E-state index >= 15 is 0 Å². The number of aromatic nitrogens is 1. The summed E-state index contributed by atoms with van der Waals surface area (Å²) >= 11 is 6.28. The van der Waals surface area contributed by atoms with E-state index in [1.165, 1.54) is 18.4 Å². The smallest absolute Gasteiger partial charge is 0.252 e. The van der Waals surface area contributed by atoms with E-state index in [-0.39, 0.29) is 5.91 Å². The number of fused-ring (bicyclic) bond motifs is 2. The van der Waals surface area contributed by atoms with Gasteiger partial charge in [0.1, 0.15) is 0 Å². The molecule has 28 heavy (non-hydrogen) atoms. The minimum atomic E-state index is -0.0574. The van der Waals surface area contributed by atoms with Crippen LogP contribution in [0.15, 0.2) is 36.4 Å². The SMILES string of the molecule is O=C1NCc2c(Cl)ccc(-c3cc4cc(CNC5CCNCC5)ccc4[nH]3)c21. The van der Waals surface area contributed by atoms with Gasteiger partial charge in [-0.3, -0.25) is 4.79 Å². The van der Waals surface area contributed by atoms with E-state index in [1.54, 1.807) is 0 Å². The second kappa shape index (κ2) is 7.24. The maximum absolute atomic E-state index is 12.3. The van der Waals surface area contributed by atoms with Crippen LogP contribution in [0.3, 0.4) is 0 Å². The van der Waals surface area contributed by atoms with Crippen LogP contribution >= 0.6 is 11.6 Å². The highest BCUT2D eigenvalue weighted by Gasteiger charge is 2.26. The third-order valence-electron chi connectivity index (χ3n) is 5.82. The number of hydrogen-bond donors (Lipinski definition) is 4. The topological polar surface area (TPSA) is 69.0 Å². The first-order chi connectivity index (χ1) is 13.7. The van der Waals surface area contributed by atoms with E-state index in [1.807, 2.05) is 12.1 Å². The summed E-state index contributed by atoms with van der Waals surface area (Å²) in [5.74, 6) is -0.0574. The molecule has 2 aliphatic rings. The highest BCUT2D eigenvalue weighted by atomic mass is 35.5. The number of halogens is 1. The van der Waals surface area contributed by atoms with Gasteiger partial charge in [0, 0.05) is 51.9 Å². The average Bonchev–Trinajstić information content (AvgIpc) is 3.32. The first-order valence-corrected chi connectivity index (χ1v) is 10.2. The lowest BCUT2D eigenvalue weighted by molar-refractivity contribution is 0.0966. The van der Waals surface area contributed by atoms with Crippen molar-refractivity contribution < 1.29 is 4.79 Å². The van der Waals surface area contributed by atoms with E-state index in [0.29, 0.717) is 23.2 Å². The normalized spacial score (nSPS) is 17.1. The molecule has 0 aliphatic carbocycles. The monoisotopic (exact) mass is 394 g/mol. The van der Waals surface area contributed by atoms with Crippen LogP contribution in [0.4, 0.5) is 0 Å². The largest absolute Gasteiger partial charge is 0.355 e. The minimum Gasteiger partial charge on any atom is -0.355 e. The van der Waals surface area contributed by atoms with Crippen molar-refractivity contribution in [2.45, 2.75) is 32.0 Å². The number of aromatic amines is 1. The predicted molar refractivity (Wildman–Crippen MR) is 113 cm³/mol. The van der Waals surface area contributed by atoms with Crippen molar-refractivity contribution in [1.82, 2.24) is 20.9 Å². The second-order valence-corrected chi connectivity index (χ2v) is 8.05. The molecule has 4 N–H and O–H groups in total. The molecule has 6 heteroatoms. The lowest BCUT2D eigenvalue weighted by Gasteiger charge is -2.23. The molecule has 1 aromatic heterocycles. The minimum absolute atomic E-state index is 0.0574.